The first-order valence-electron chi connectivity index (χ1n) is 6.87. The summed E-state index contributed by atoms with van der Waals surface area (Å²) in [5, 5.41) is 0. The second kappa shape index (κ2) is 4.76. The number of piperazine rings is 1. The molecule has 0 aromatic rings. The van der Waals surface area contributed by atoms with Crippen molar-refractivity contribution in [3.05, 3.63) is 0 Å². The van der Waals surface area contributed by atoms with Gasteiger partial charge in [0.05, 0.1) is 0 Å². The molecule has 3 fully saturated rings. The lowest BCUT2D eigenvalue weighted by Gasteiger charge is -2.41. The summed E-state index contributed by atoms with van der Waals surface area (Å²) in [5.74, 6) is 3.27. The zero-order valence-corrected chi connectivity index (χ0v) is 11.6. The molecule has 0 radical (unpaired) electrons. The summed E-state index contributed by atoms with van der Waals surface area (Å²) in [5.41, 5.74) is 0. The summed E-state index contributed by atoms with van der Waals surface area (Å²) in [4.78, 5) is 28.4. The summed E-state index contributed by atoms with van der Waals surface area (Å²) in [6.07, 6.45) is 3.01. The summed E-state index contributed by atoms with van der Waals surface area (Å²) in [6.45, 7) is 3.44. The molecule has 3 aliphatic heterocycles. The minimum Gasteiger partial charge on any atom is -0.329 e. The third-order valence-electron chi connectivity index (χ3n) is 4.41. The monoisotopic (exact) mass is 268 g/mol. The Balaban J connectivity index is 1.75. The first kappa shape index (κ1) is 12.3. The van der Waals surface area contributed by atoms with Gasteiger partial charge in [0.25, 0.3) is 0 Å². The second-order valence-corrected chi connectivity index (χ2v) is 6.74. The van der Waals surface area contributed by atoms with Gasteiger partial charge in [-0.25, -0.2) is 0 Å². The van der Waals surface area contributed by atoms with Crippen LogP contribution < -0.4 is 0 Å². The van der Waals surface area contributed by atoms with E-state index in [2.05, 4.69) is 0 Å². The lowest BCUT2D eigenvalue weighted by atomic mass is 10.0. The topological polar surface area (TPSA) is 40.6 Å². The van der Waals surface area contributed by atoms with Crippen molar-refractivity contribution in [1.82, 2.24) is 9.80 Å². The highest BCUT2D eigenvalue weighted by atomic mass is 32.2. The van der Waals surface area contributed by atoms with Gasteiger partial charge in [-0.3, -0.25) is 9.59 Å². The Bertz CT molecular complexity index is 368. The molecule has 4 nitrogen and oxygen atoms in total. The zero-order chi connectivity index (χ0) is 12.7. The Kier molecular flexibility index (Phi) is 3.26. The van der Waals surface area contributed by atoms with E-state index in [-0.39, 0.29) is 23.9 Å². The van der Waals surface area contributed by atoms with Crippen LogP contribution in [0, 0.1) is 5.92 Å². The van der Waals surface area contributed by atoms with Crippen LogP contribution in [0.15, 0.2) is 0 Å². The molecule has 3 atom stereocenters. The average Bonchev–Trinajstić information content (AvgIpc) is 3.02. The maximum absolute atomic E-state index is 12.5. The molecule has 3 rings (SSSR count). The van der Waals surface area contributed by atoms with E-state index in [9.17, 15) is 9.59 Å². The van der Waals surface area contributed by atoms with E-state index in [1.54, 1.807) is 4.90 Å². The van der Waals surface area contributed by atoms with Crippen LogP contribution >= 0.6 is 11.8 Å². The lowest BCUT2D eigenvalue weighted by molar-refractivity contribution is -0.159. The molecule has 3 heterocycles. The third kappa shape index (κ3) is 1.92. The molecular weight excluding hydrogens is 248 g/mol. The maximum Gasteiger partial charge on any atom is 0.246 e. The van der Waals surface area contributed by atoms with Gasteiger partial charge in [-0.05, 0) is 43.6 Å². The molecule has 2 amide bonds. The molecule has 0 aromatic carbocycles. The van der Waals surface area contributed by atoms with Crippen molar-refractivity contribution in [3.63, 3.8) is 0 Å². The Hall–Kier alpha value is -0.710. The number of thioether (sulfide) groups is 1. The van der Waals surface area contributed by atoms with Crippen LogP contribution in [0.1, 0.15) is 26.2 Å². The van der Waals surface area contributed by atoms with Gasteiger partial charge in [-0.1, -0.05) is 0 Å². The number of fused-ring (bicyclic) bond motifs is 1. The smallest absolute Gasteiger partial charge is 0.246 e. The second-order valence-electron chi connectivity index (χ2n) is 5.59. The summed E-state index contributed by atoms with van der Waals surface area (Å²) in [6, 6.07) is -0.403. The number of rotatable bonds is 2. The summed E-state index contributed by atoms with van der Waals surface area (Å²) < 4.78 is 0. The Morgan fingerprint density at radius 3 is 2.83 bits per heavy atom. The molecule has 18 heavy (non-hydrogen) atoms. The van der Waals surface area contributed by atoms with E-state index in [1.165, 1.54) is 12.2 Å². The van der Waals surface area contributed by atoms with Gasteiger partial charge in [0.2, 0.25) is 11.8 Å². The van der Waals surface area contributed by atoms with Crippen LogP contribution in [0.25, 0.3) is 0 Å². The molecule has 3 saturated heterocycles. The number of amides is 2. The van der Waals surface area contributed by atoms with Crippen molar-refractivity contribution in [2.45, 2.75) is 38.3 Å². The lowest BCUT2D eigenvalue weighted by Crippen LogP contribution is -2.62. The molecule has 5 heteroatoms. The van der Waals surface area contributed by atoms with Crippen LogP contribution in [0.5, 0.6) is 0 Å². The van der Waals surface area contributed by atoms with Gasteiger partial charge in [0.15, 0.2) is 0 Å². The number of nitrogens with zero attached hydrogens (tertiary/aromatic N) is 2. The number of carbonyl (C=O) groups is 2. The van der Waals surface area contributed by atoms with Crippen molar-refractivity contribution in [2.24, 2.45) is 5.92 Å². The molecule has 100 valence electrons. The van der Waals surface area contributed by atoms with E-state index >= 15 is 0 Å². The first-order chi connectivity index (χ1) is 8.68. The zero-order valence-electron chi connectivity index (χ0n) is 10.8. The van der Waals surface area contributed by atoms with E-state index < -0.39 is 0 Å². The molecule has 3 unspecified atom stereocenters. The number of hydrogen-bond acceptors (Lipinski definition) is 3. The van der Waals surface area contributed by atoms with Crippen LogP contribution in [0.4, 0.5) is 0 Å². The number of carbonyl (C=O) groups excluding carboxylic acids is 2. The molecule has 0 saturated carbocycles. The highest BCUT2D eigenvalue weighted by molar-refractivity contribution is 7.99. The van der Waals surface area contributed by atoms with E-state index in [0.717, 1.165) is 31.7 Å². The maximum atomic E-state index is 12.5. The molecule has 0 aromatic heterocycles. The third-order valence-corrected chi connectivity index (χ3v) is 5.64. The minimum atomic E-state index is -0.252. The van der Waals surface area contributed by atoms with E-state index in [0.29, 0.717) is 5.92 Å². The highest BCUT2D eigenvalue weighted by Crippen LogP contribution is 2.30. The van der Waals surface area contributed by atoms with Crippen LogP contribution in [-0.4, -0.2) is 58.3 Å². The Morgan fingerprint density at radius 2 is 2.11 bits per heavy atom. The molecule has 0 aliphatic carbocycles. The number of hydrogen-bond donors (Lipinski definition) is 0. The van der Waals surface area contributed by atoms with Crippen molar-refractivity contribution in [1.29, 1.82) is 0 Å². The van der Waals surface area contributed by atoms with Crippen molar-refractivity contribution in [3.8, 4) is 0 Å². The van der Waals surface area contributed by atoms with Gasteiger partial charge >= 0.3 is 0 Å². The minimum absolute atomic E-state index is 0.150. The predicted octanol–water partition coefficient (Wildman–Crippen LogP) is 0.961. The largest absolute Gasteiger partial charge is 0.329 e. The summed E-state index contributed by atoms with van der Waals surface area (Å²) >= 11 is 1.96. The van der Waals surface area contributed by atoms with Crippen molar-refractivity contribution >= 4 is 23.6 Å². The highest BCUT2D eigenvalue weighted by Gasteiger charge is 2.46. The van der Waals surface area contributed by atoms with Gasteiger partial charge in [-0.15, -0.1) is 0 Å². The molecule has 0 bridgehead atoms. The Morgan fingerprint density at radius 1 is 1.28 bits per heavy atom. The van der Waals surface area contributed by atoms with Gasteiger partial charge in [0.1, 0.15) is 12.1 Å². The van der Waals surface area contributed by atoms with Crippen LogP contribution in [0.2, 0.25) is 0 Å². The predicted molar refractivity (Wildman–Crippen MR) is 71.3 cm³/mol. The van der Waals surface area contributed by atoms with Crippen molar-refractivity contribution < 1.29 is 9.59 Å². The molecule has 3 aliphatic rings. The SMILES string of the molecule is CC1C(=O)N2CCCC2C(=O)N1CC1CCSC1. The van der Waals surface area contributed by atoms with Gasteiger partial charge in [-0.2, -0.15) is 11.8 Å². The normalized spacial score (nSPS) is 36.4. The van der Waals surface area contributed by atoms with Gasteiger partial charge < -0.3 is 9.80 Å². The molecule has 0 spiro atoms. The summed E-state index contributed by atoms with van der Waals surface area (Å²) in [7, 11) is 0. The molecule has 0 N–H and O–H groups in total. The van der Waals surface area contributed by atoms with E-state index in [4.69, 9.17) is 0 Å². The standard InChI is InChI=1S/C13H20N2O2S/c1-9-12(16)14-5-2-3-11(14)13(17)15(9)7-10-4-6-18-8-10/h9-11H,2-8H2,1H3. The van der Waals surface area contributed by atoms with E-state index in [1.807, 2.05) is 23.6 Å². The molecular formula is C13H20N2O2S. The van der Waals surface area contributed by atoms with Crippen LogP contribution in [-0.2, 0) is 9.59 Å². The average molecular weight is 268 g/mol. The van der Waals surface area contributed by atoms with Crippen molar-refractivity contribution in [2.75, 3.05) is 24.6 Å². The fourth-order valence-electron chi connectivity index (χ4n) is 3.30. The quantitative estimate of drug-likeness (QED) is 0.749. The fraction of sp³-hybridized carbons (Fsp3) is 0.846. The van der Waals surface area contributed by atoms with Gasteiger partial charge in [0, 0.05) is 13.1 Å². The Labute approximate surface area is 112 Å². The first-order valence-corrected chi connectivity index (χ1v) is 8.02. The fourth-order valence-corrected chi connectivity index (χ4v) is 4.57. The van der Waals surface area contributed by atoms with Crippen LogP contribution in [0.3, 0.4) is 0 Å².